The van der Waals surface area contributed by atoms with Crippen molar-refractivity contribution in [3.05, 3.63) is 76.9 Å². The highest BCUT2D eigenvalue weighted by Gasteiger charge is 2.07. The highest BCUT2D eigenvalue weighted by Crippen LogP contribution is 2.12. The third kappa shape index (κ3) is 3.62. The Bertz CT molecular complexity index is 740. The van der Waals surface area contributed by atoms with Gasteiger partial charge in [0.05, 0.1) is 0 Å². The van der Waals surface area contributed by atoms with Crippen LogP contribution in [0.25, 0.3) is 6.08 Å². The van der Waals surface area contributed by atoms with Gasteiger partial charge in [0.1, 0.15) is 11.6 Å². The molecule has 0 spiro atoms. The Kier molecular flexibility index (Phi) is 4.75. The van der Waals surface area contributed by atoms with Gasteiger partial charge in [0, 0.05) is 22.8 Å². The second kappa shape index (κ2) is 6.73. The number of hydroxylamine groups is 1. The Morgan fingerprint density at radius 1 is 1.00 bits per heavy atom. The summed E-state index contributed by atoms with van der Waals surface area (Å²) < 4.78 is 26.2. The van der Waals surface area contributed by atoms with E-state index in [1.165, 1.54) is 41.9 Å². The van der Waals surface area contributed by atoms with E-state index in [0.29, 0.717) is 0 Å². The smallest absolute Gasteiger partial charge is 0.274 e. The quantitative estimate of drug-likeness (QED) is 0.395. The lowest BCUT2D eigenvalue weighted by Crippen LogP contribution is -2.18. The molecule has 22 heavy (non-hydrogen) atoms. The van der Waals surface area contributed by atoms with Gasteiger partial charge in [0.2, 0.25) is 0 Å². The molecule has 112 valence electrons. The molecular weight excluding hydrogens is 292 g/mol. The molecule has 0 aliphatic rings. The third-order valence-corrected chi connectivity index (χ3v) is 2.91. The summed E-state index contributed by atoms with van der Waals surface area (Å²) in [4.78, 5) is 23.1. The van der Waals surface area contributed by atoms with Crippen LogP contribution in [0.1, 0.15) is 26.3 Å². The second-order valence-electron chi connectivity index (χ2n) is 4.38. The number of benzene rings is 2. The average molecular weight is 303 g/mol. The summed E-state index contributed by atoms with van der Waals surface area (Å²) in [5.74, 6) is -2.56. The topological polar surface area (TPSA) is 66.4 Å². The van der Waals surface area contributed by atoms with Crippen LogP contribution in [-0.4, -0.2) is 16.9 Å². The first-order valence-electron chi connectivity index (χ1n) is 6.23. The van der Waals surface area contributed by atoms with Crippen molar-refractivity contribution in [2.45, 2.75) is 0 Å². The minimum absolute atomic E-state index is 0.0889. The molecular formula is C16H11F2NO3. The second-order valence-corrected chi connectivity index (χ2v) is 4.38. The standard InChI is InChI=1S/C16H11F2NO3/c17-13-7-5-10(14(18)9-13)6-8-15(20)11-1-3-12(4-2-11)16(21)19-22/h1-9,22H,(H,19,21). The lowest BCUT2D eigenvalue weighted by Gasteiger charge is -2.00. The van der Waals surface area contributed by atoms with Crippen molar-refractivity contribution in [2.24, 2.45) is 0 Å². The van der Waals surface area contributed by atoms with Crippen molar-refractivity contribution in [2.75, 3.05) is 0 Å². The molecule has 1 amide bonds. The van der Waals surface area contributed by atoms with Gasteiger partial charge < -0.3 is 0 Å². The Hall–Kier alpha value is -2.86. The number of nitrogens with one attached hydrogen (secondary N) is 1. The molecule has 0 unspecified atom stereocenters. The number of carbonyl (C=O) groups is 2. The Balaban J connectivity index is 2.14. The summed E-state index contributed by atoms with van der Waals surface area (Å²) in [6.45, 7) is 0. The Morgan fingerprint density at radius 2 is 1.64 bits per heavy atom. The van der Waals surface area contributed by atoms with Gasteiger partial charge in [-0.05, 0) is 36.4 Å². The number of hydrogen-bond donors (Lipinski definition) is 2. The number of amides is 1. The maximum Gasteiger partial charge on any atom is 0.274 e. The summed E-state index contributed by atoms with van der Waals surface area (Å²) >= 11 is 0. The molecule has 2 N–H and O–H groups in total. The van der Waals surface area contributed by atoms with E-state index in [4.69, 9.17) is 5.21 Å². The van der Waals surface area contributed by atoms with Crippen LogP contribution >= 0.6 is 0 Å². The van der Waals surface area contributed by atoms with E-state index in [0.717, 1.165) is 18.2 Å². The molecule has 4 nitrogen and oxygen atoms in total. The molecule has 0 bridgehead atoms. The fourth-order valence-electron chi connectivity index (χ4n) is 1.75. The van der Waals surface area contributed by atoms with E-state index in [1.54, 1.807) is 0 Å². The van der Waals surface area contributed by atoms with Gasteiger partial charge in [0.25, 0.3) is 5.91 Å². The van der Waals surface area contributed by atoms with Gasteiger partial charge in [-0.2, -0.15) is 0 Å². The minimum Gasteiger partial charge on any atom is -0.289 e. The van der Waals surface area contributed by atoms with Crippen LogP contribution < -0.4 is 5.48 Å². The number of hydrogen-bond acceptors (Lipinski definition) is 3. The molecule has 2 aromatic carbocycles. The molecule has 0 heterocycles. The first kappa shape index (κ1) is 15.5. The summed E-state index contributed by atoms with van der Waals surface area (Å²) in [6.07, 6.45) is 2.39. The van der Waals surface area contributed by atoms with Crippen molar-refractivity contribution >= 4 is 17.8 Å². The molecule has 0 aliphatic heterocycles. The molecule has 6 heteroatoms. The molecule has 0 atom stereocenters. The van der Waals surface area contributed by atoms with Gasteiger partial charge in [-0.25, -0.2) is 14.3 Å². The first-order valence-corrected chi connectivity index (χ1v) is 6.23. The van der Waals surface area contributed by atoms with Crippen molar-refractivity contribution in [3.8, 4) is 0 Å². The molecule has 2 rings (SSSR count). The molecule has 0 saturated carbocycles. The largest absolute Gasteiger partial charge is 0.289 e. The van der Waals surface area contributed by atoms with Crippen LogP contribution in [0.3, 0.4) is 0 Å². The molecule has 2 aromatic rings. The van der Waals surface area contributed by atoms with Crippen LogP contribution in [0.2, 0.25) is 0 Å². The monoisotopic (exact) mass is 303 g/mol. The minimum atomic E-state index is -0.765. The number of allylic oxidation sites excluding steroid dienone is 1. The molecule has 0 aromatic heterocycles. The van der Waals surface area contributed by atoms with Gasteiger partial charge in [0.15, 0.2) is 5.78 Å². The maximum absolute atomic E-state index is 13.4. The van der Waals surface area contributed by atoms with E-state index in [9.17, 15) is 18.4 Å². The van der Waals surface area contributed by atoms with E-state index in [-0.39, 0.29) is 16.7 Å². The van der Waals surface area contributed by atoms with Gasteiger partial charge in [-0.3, -0.25) is 14.8 Å². The van der Waals surface area contributed by atoms with Crippen LogP contribution in [0.15, 0.2) is 48.5 Å². The van der Waals surface area contributed by atoms with Crippen LogP contribution in [0.5, 0.6) is 0 Å². The highest BCUT2D eigenvalue weighted by molar-refractivity contribution is 6.07. The zero-order valence-electron chi connectivity index (χ0n) is 11.2. The van der Waals surface area contributed by atoms with E-state index < -0.39 is 23.3 Å². The Morgan fingerprint density at radius 3 is 2.23 bits per heavy atom. The molecule has 0 saturated heterocycles. The summed E-state index contributed by atoms with van der Waals surface area (Å²) in [5.41, 5.74) is 2.04. The lowest BCUT2D eigenvalue weighted by atomic mass is 10.1. The average Bonchev–Trinajstić information content (AvgIpc) is 2.53. The van der Waals surface area contributed by atoms with Crippen molar-refractivity contribution in [3.63, 3.8) is 0 Å². The normalized spacial score (nSPS) is 10.7. The van der Waals surface area contributed by atoms with Gasteiger partial charge in [-0.1, -0.05) is 12.1 Å². The number of carbonyl (C=O) groups excluding carboxylic acids is 2. The van der Waals surface area contributed by atoms with Crippen LogP contribution in [-0.2, 0) is 0 Å². The molecule has 0 radical (unpaired) electrons. The zero-order valence-corrected chi connectivity index (χ0v) is 11.2. The van der Waals surface area contributed by atoms with E-state index in [2.05, 4.69) is 0 Å². The van der Waals surface area contributed by atoms with Crippen molar-refractivity contribution in [1.82, 2.24) is 5.48 Å². The number of ketones is 1. The summed E-state index contributed by atoms with van der Waals surface area (Å²) in [6, 6.07) is 8.58. The fraction of sp³-hybridized carbons (Fsp3) is 0. The van der Waals surface area contributed by atoms with Gasteiger partial charge in [-0.15, -0.1) is 0 Å². The Labute approximate surface area is 124 Å². The van der Waals surface area contributed by atoms with Crippen molar-refractivity contribution in [1.29, 1.82) is 0 Å². The highest BCUT2D eigenvalue weighted by atomic mass is 19.1. The lowest BCUT2D eigenvalue weighted by molar-refractivity contribution is 0.0706. The van der Waals surface area contributed by atoms with Crippen LogP contribution in [0.4, 0.5) is 8.78 Å². The maximum atomic E-state index is 13.4. The third-order valence-electron chi connectivity index (χ3n) is 2.91. The predicted octanol–water partition coefficient (Wildman–Crippen LogP) is 2.98. The van der Waals surface area contributed by atoms with E-state index >= 15 is 0 Å². The van der Waals surface area contributed by atoms with Crippen molar-refractivity contribution < 1.29 is 23.6 Å². The van der Waals surface area contributed by atoms with Crippen LogP contribution in [0, 0.1) is 11.6 Å². The number of halogens is 2. The molecule has 0 fully saturated rings. The summed E-state index contributed by atoms with van der Waals surface area (Å²) in [7, 11) is 0. The number of rotatable bonds is 4. The molecule has 0 aliphatic carbocycles. The first-order chi connectivity index (χ1) is 10.5. The predicted molar refractivity (Wildman–Crippen MR) is 75.4 cm³/mol. The fourth-order valence-corrected chi connectivity index (χ4v) is 1.75. The SMILES string of the molecule is O=C(C=Cc1ccc(F)cc1F)c1ccc(C(=O)NO)cc1. The van der Waals surface area contributed by atoms with Gasteiger partial charge >= 0.3 is 0 Å². The van der Waals surface area contributed by atoms with E-state index in [1.807, 2.05) is 0 Å². The zero-order chi connectivity index (χ0) is 16.1. The summed E-state index contributed by atoms with van der Waals surface area (Å²) in [5, 5.41) is 8.48.